The summed E-state index contributed by atoms with van der Waals surface area (Å²) in [7, 11) is -1.47. The van der Waals surface area contributed by atoms with Gasteiger partial charge in [-0.25, -0.2) is 13.1 Å². The Hall–Kier alpha value is -0.470. The molecule has 1 fully saturated rings. The number of nitrogens with one attached hydrogen (secondary N) is 1. The van der Waals surface area contributed by atoms with Crippen LogP contribution in [0, 0.1) is 0 Å². The smallest absolute Gasteiger partial charge is 0.241 e. The minimum atomic E-state index is -3.49. The third kappa shape index (κ3) is 3.59. The first-order valence-electron chi connectivity index (χ1n) is 6.62. The van der Waals surface area contributed by atoms with E-state index in [2.05, 4.69) is 25.6 Å². The fraction of sp³-hybridized carbons (Fsp3) is 0.538. The molecule has 1 saturated heterocycles. The highest BCUT2D eigenvalue weighted by atomic mass is 79.9. The third-order valence-electron chi connectivity index (χ3n) is 3.70. The molecule has 0 saturated carbocycles. The zero-order valence-corrected chi connectivity index (χ0v) is 13.9. The van der Waals surface area contributed by atoms with Crippen molar-refractivity contribution < 1.29 is 8.42 Å². The molecule has 112 valence electrons. The van der Waals surface area contributed by atoms with Gasteiger partial charge in [0, 0.05) is 23.6 Å². The van der Waals surface area contributed by atoms with Crippen molar-refractivity contribution in [3.8, 4) is 0 Å². The number of halogens is 1. The standard InChI is InChI=1S/C13H20BrN3O2S/c1-17-6-2-3-11(17)9-16-20(18,19)13-5-4-10(8-15)7-12(13)14/h4-5,7,11,16H,2-3,6,8-9,15H2,1H3. The molecule has 0 aromatic heterocycles. The minimum Gasteiger partial charge on any atom is -0.326 e. The molecule has 2 rings (SSSR count). The molecular formula is C13H20BrN3O2S. The van der Waals surface area contributed by atoms with Crippen LogP contribution in [-0.2, 0) is 16.6 Å². The minimum absolute atomic E-state index is 0.260. The van der Waals surface area contributed by atoms with Gasteiger partial charge < -0.3 is 10.6 Å². The number of rotatable bonds is 5. The number of likely N-dealkylation sites (tertiary alicyclic amines) is 1. The molecule has 20 heavy (non-hydrogen) atoms. The summed E-state index contributed by atoms with van der Waals surface area (Å²) < 4.78 is 27.9. The van der Waals surface area contributed by atoms with Gasteiger partial charge in [-0.1, -0.05) is 6.07 Å². The van der Waals surface area contributed by atoms with Crippen LogP contribution in [0.5, 0.6) is 0 Å². The second kappa shape index (κ2) is 6.53. The Bertz CT molecular complexity index is 577. The molecular weight excluding hydrogens is 342 g/mol. The van der Waals surface area contributed by atoms with Crippen molar-refractivity contribution in [1.82, 2.24) is 9.62 Å². The normalized spacial score (nSPS) is 20.4. The molecule has 7 heteroatoms. The van der Waals surface area contributed by atoms with Crippen molar-refractivity contribution in [2.45, 2.75) is 30.3 Å². The zero-order chi connectivity index (χ0) is 14.8. The number of nitrogens with zero attached hydrogens (tertiary/aromatic N) is 1. The molecule has 1 aromatic rings. The van der Waals surface area contributed by atoms with Crippen molar-refractivity contribution in [1.29, 1.82) is 0 Å². The largest absolute Gasteiger partial charge is 0.326 e. The molecule has 1 aliphatic rings. The molecule has 0 aliphatic carbocycles. The fourth-order valence-corrected chi connectivity index (χ4v) is 4.61. The van der Waals surface area contributed by atoms with Crippen LogP contribution >= 0.6 is 15.9 Å². The summed E-state index contributed by atoms with van der Waals surface area (Å²) in [6, 6.07) is 5.36. The van der Waals surface area contributed by atoms with Crippen molar-refractivity contribution >= 4 is 26.0 Å². The Balaban J connectivity index is 2.10. The first kappa shape index (κ1) is 15.9. The predicted molar refractivity (Wildman–Crippen MR) is 82.9 cm³/mol. The highest BCUT2D eigenvalue weighted by Crippen LogP contribution is 2.23. The van der Waals surface area contributed by atoms with E-state index >= 15 is 0 Å². The molecule has 0 spiro atoms. The average Bonchev–Trinajstić information content (AvgIpc) is 2.81. The van der Waals surface area contributed by atoms with E-state index in [1.807, 2.05) is 7.05 Å². The number of nitrogens with two attached hydrogens (primary N) is 1. The molecule has 3 N–H and O–H groups in total. The molecule has 5 nitrogen and oxygen atoms in total. The Kier molecular flexibility index (Phi) is 5.19. The Morgan fingerprint density at radius 1 is 1.50 bits per heavy atom. The fourth-order valence-electron chi connectivity index (χ4n) is 2.41. The number of hydrogen-bond donors (Lipinski definition) is 2. The van der Waals surface area contributed by atoms with E-state index < -0.39 is 10.0 Å². The Morgan fingerprint density at radius 3 is 2.80 bits per heavy atom. The molecule has 1 heterocycles. The van der Waals surface area contributed by atoms with E-state index in [1.54, 1.807) is 18.2 Å². The first-order valence-corrected chi connectivity index (χ1v) is 8.90. The molecule has 1 atom stereocenters. The van der Waals surface area contributed by atoms with Crippen LogP contribution in [0.4, 0.5) is 0 Å². The van der Waals surface area contributed by atoms with Crippen LogP contribution < -0.4 is 10.5 Å². The Labute approximate surface area is 128 Å². The van der Waals surface area contributed by atoms with E-state index in [0.717, 1.165) is 24.9 Å². The molecule has 1 unspecified atom stereocenters. The summed E-state index contributed by atoms with van der Waals surface area (Å²) in [5.41, 5.74) is 6.44. The van der Waals surface area contributed by atoms with Gasteiger partial charge in [0.25, 0.3) is 0 Å². The monoisotopic (exact) mass is 361 g/mol. The lowest BCUT2D eigenvalue weighted by Gasteiger charge is -2.20. The van der Waals surface area contributed by atoms with Crippen molar-refractivity contribution in [3.05, 3.63) is 28.2 Å². The second-order valence-electron chi connectivity index (χ2n) is 5.10. The lowest BCUT2D eigenvalue weighted by molar-refractivity contribution is 0.311. The average molecular weight is 362 g/mol. The van der Waals surface area contributed by atoms with Crippen molar-refractivity contribution in [2.75, 3.05) is 20.1 Å². The number of benzene rings is 1. The summed E-state index contributed by atoms with van der Waals surface area (Å²) in [5, 5.41) is 0. The topological polar surface area (TPSA) is 75.4 Å². The summed E-state index contributed by atoms with van der Waals surface area (Å²) in [6.07, 6.45) is 2.16. The predicted octanol–water partition coefficient (Wildman–Crippen LogP) is 1.28. The summed E-state index contributed by atoms with van der Waals surface area (Å²) in [4.78, 5) is 2.45. The van der Waals surface area contributed by atoms with E-state index in [0.29, 0.717) is 17.6 Å². The van der Waals surface area contributed by atoms with Gasteiger partial charge in [0.2, 0.25) is 10.0 Å². The van der Waals surface area contributed by atoms with E-state index in [9.17, 15) is 8.42 Å². The zero-order valence-electron chi connectivity index (χ0n) is 11.5. The highest BCUT2D eigenvalue weighted by molar-refractivity contribution is 9.10. The first-order chi connectivity index (χ1) is 9.44. The maximum Gasteiger partial charge on any atom is 0.241 e. The number of sulfonamides is 1. The molecule has 0 amide bonds. The SMILES string of the molecule is CN1CCCC1CNS(=O)(=O)c1ccc(CN)cc1Br. The lowest BCUT2D eigenvalue weighted by atomic mass is 10.2. The van der Waals surface area contributed by atoms with Crippen LogP contribution in [0.3, 0.4) is 0 Å². The van der Waals surface area contributed by atoms with Crippen LogP contribution in [0.1, 0.15) is 18.4 Å². The number of likely N-dealkylation sites (N-methyl/N-ethyl adjacent to an activating group) is 1. The van der Waals surface area contributed by atoms with Gasteiger partial charge in [0.05, 0.1) is 4.90 Å². The van der Waals surface area contributed by atoms with Crippen LogP contribution in [-0.4, -0.2) is 39.5 Å². The second-order valence-corrected chi connectivity index (χ2v) is 7.69. The summed E-state index contributed by atoms with van der Waals surface area (Å²) >= 11 is 3.30. The van der Waals surface area contributed by atoms with Gasteiger partial charge >= 0.3 is 0 Å². The Morgan fingerprint density at radius 2 is 2.25 bits per heavy atom. The van der Waals surface area contributed by atoms with E-state index in [1.165, 1.54) is 0 Å². The van der Waals surface area contributed by atoms with Gasteiger partial charge in [-0.05, 0) is 60.1 Å². The summed E-state index contributed by atoms with van der Waals surface area (Å²) in [5.74, 6) is 0. The quantitative estimate of drug-likeness (QED) is 0.828. The number of hydrogen-bond acceptors (Lipinski definition) is 4. The maximum absolute atomic E-state index is 12.3. The maximum atomic E-state index is 12.3. The van der Waals surface area contributed by atoms with E-state index in [-0.39, 0.29) is 10.9 Å². The van der Waals surface area contributed by atoms with Crippen LogP contribution in [0.15, 0.2) is 27.6 Å². The van der Waals surface area contributed by atoms with Crippen molar-refractivity contribution in [3.63, 3.8) is 0 Å². The van der Waals surface area contributed by atoms with Gasteiger partial charge in [0.1, 0.15) is 0 Å². The van der Waals surface area contributed by atoms with Crippen LogP contribution in [0.25, 0.3) is 0 Å². The van der Waals surface area contributed by atoms with Crippen LogP contribution in [0.2, 0.25) is 0 Å². The van der Waals surface area contributed by atoms with Gasteiger partial charge in [-0.3, -0.25) is 0 Å². The third-order valence-corrected chi connectivity index (χ3v) is 6.10. The molecule has 1 aromatic carbocycles. The van der Waals surface area contributed by atoms with E-state index in [4.69, 9.17) is 5.73 Å². The molecule has 0 bridgehead atoms. The lowest BCUT2D eigenvalue weighted by Crippen LogP contribution is -2.38. The van der Waals surface area contributed by atoms with Gasteiger partial charge in [0.15, 0.2) is 0 Å². The summed E-state index contributed by atoms with van der Waals surface area (Å²) in [6.45, 7) is 1.87. The molecule has 1 aliphatic heterocycles. The van der Waals surface area contributed by atoms with Crippen molar-refractivity contribution in [2.24, 2.45) is 5.73 Å². The highest BCUT2D eigenvalue weighted by Gasteiger charge is 2.24. The van der Waals surface area contributed by atoms with Gasteiger partial charge in [-0.2, -0.15) is 0 Å². The molecule has 0 radical (unpaired) electrons. The van der Waals surface area contributed by atoms with Gasteiger partial charge in [-0.15, -0.1) is 0 Å².